The first-order valence-electron chi connectivity index (χ1n) is 5.27. The molecular formula is C10H17N5O. The van der Waals surface area contributed by atoms with Gasteiger partial charge in [-0.2, -0.15) is 0 Å². The molecule has 6 heteroatoms. The molecule has 0 fully saturated rings. The summed E-state index contributed by atoms with van der Waals surface area (Å²) in [5.74, 6) is 1.43. The van der Waals surface area contributed by atoms with Crippen LogP contribution in [0, 0.1) is 0 Å². The summed E-state index contributed by atoms with van der Waals surface area (Å²) >= 11 is 0. The molecule has 0 aliphatic carbocycles. The van der Waals surface area contributed by atoms with Crippen molar-refractivity contribution in [3.8, 4) is 0 Å². The van der Waals surface area contributed by atoms with E-state index in [2.05, 4.69) is 15.3 Å². The van der Waals surface area contributed by atoms with E-state index in [1.165, 1.54) is 0 Å². The molecule has 1 amide bonds. The predicted octanol–water partition coefficient (Wildman–Crippen LogP) is 0.299. The molecule has 6 nitrogen and oxygen atoms in total. The van der Waals surface area contributed by atoms with E-state index in [1.807, 2.05) is 6.92 Å². The molecule has 88 valence electrons. The minimum atomic E-state index is -0.344. The molecule has 0 bridgehead atoms. The lowest BCUT2D eigenvalue weighted by atomic mass is 10.3. The van der Waals surface area contributed by atoms with E-state index >= 15 is 0 Å². The molecule has 0 spiro atoms. The lowest BCUT2D eigenvalue weighted by Crippen LogP contribution is -2.16. The van der Waals surface area contributed by atoms with Crippen LogP contribution < -0.4 is 16.8 Å². The fraction of sp³-hybridized carbons (Fsp3) is 0.500. The summed E-state index contributed by atoms with van der Waals surface area (Å²) in [5.41, 5.74) is 10.7. The standard InChI is InChI=1S/C10H17N5O/c1-2-3-9-14-7(11)6-10(15-9)13-5-4-8(12)16/h6H,2-5H2,1H3,(H2,12,16)(H3,11,13,14,15). The highest BCUT2D eigenvalue weighted by molar-refractivity contribution is 5.74. The number of aryl methyl sites for hydroxylation is 1. The number of hydrogen-bond acceptors (Lipinski definition) is 5. The molecule has 1 heterocycles. The minimum absolute atomic E-state index is 0.271. The first-order valence-corrected chi connectivity index (χ1v) is 5.27. The van der Waals surface area contributed by atoms with Crippen LogP contribution in [-0.2, 0) is 11.2 Å². The highest BCUT2D eigenvalue weighted by Crippen LogP contribution is 2.09. The summed E-state index contributed by atoms with van der Waals surface area (Å²) in [5, 5.41) is 2.98. The molecule has 0 aromatic carbocycles. The van der Waals surface area contributed by atoms with Crippen LogP contribution in [0.3, 0.4) is 0 Å². The number of rotatable bonds is 6. The fourth-order valence-corrected chi connectivity index (χ4v) is 1.26. The van der Waals surface area contributed by atoms with Gasteiger partial charge in [-0.1, -0.05) is 6.92 Å². The molecule has 5 N–H and O–H groups in total. The van der Waals surface area contributed by atoms with Crippen molar-refractivity contribution in [3.63, 3.8) is 0 Å². The van der Waals surface area contributed by atoms with Crippen molar-refractivity contribution < 1.29 is 4.79 Å². The van der Waals surface area contributed by atoms with Gasteiger partial charge in [0.1, 0.15) is 17.5 Å². The lowest BCUT2D eigenvalue weighted by Gasteiger charge is -2.06. The lowest BCUT2D eigenvalue weighted by molar-refractivity contribution is -0.117. The quantitative estimate of drug-likeness (QED) is 0.643. The third kappa shape index (κ3) is 4.12. The van der Waals surface area contributed by atoms with E-state index in [-0.39, 0.29) is 12.3 Å². The Balaban J connectivity index is 2.61. The second-order valence-electron chi connectivity index (χ2n) is 3.49. The number of nitrogens with zero attached hydrogens (tertiary/aromatic N) is 2. The van der Waals surface area contributed by atoms with E-state index in [0.717, 1.165) is 12.8 Å². The Hall–Kier alpha value is -1.85. The van der Waals surface area contributed by atoms with Crippen molar-refractivity contribution in [2.24, 2.45) is 5.73 Å². The number of nitrogens with one attached hydrogen (secondary N) is 1. The number of aromatic nitrogens is 2. The Morgan fingerprint density at radius 2 is 2.25 bits per heavy atom. The molecule has 16 heavy (non-hydrogen) atoms. The average molecular weight is 223 g/mol. The number of primary amides is 1. The SMILES string of the molecule is CCCc1nc(N)cc(NCCC(N)=O)n1. The van der Waals surface area contributed by atoms with Gasteiger partial charge in [0.15, 0.2) is 0 Å². The van der Waals surface area contributed by atoms with Gasteiger partial charge in [-0.15, -0.1) is 0 Å². The number of carbonyl (C=O) groups is 1. The van der Waals surface area contributed by atoms with E-state index in [1.54, 1.807) is 6.07 Å². The molecule has 0 aliphatic rings. The highest BCUT2D eigenvalue weighted by Gasteiger charge is 2.02. The summed E-state index contributed by atoms with van der Waals surface area (Å²) in [6.45, 7) is 2.50. The van der Waals surface area contributed by atoms with Gasteiger partial charge in [-0.05, 0) is 6.42 Å². The van der Waals surface area contributed by atoms with Gasteiger partial charge in [-0.3, -0.25) is 4.79 Å². The van der Waals surface area contributed by atoms with Gasteiger partial charge < -0.3 is 16.8 Å². The third-order valence-corrected chi connectivity index (χ3v) is 1.94. The first kappa shape index (κ1) is 12.2. The van der Waals surface area contributed by atoms with Crippen molar-refractivity contribution >= 4 is 17.5 Å². The molecule has 0 unspecified atom stereocenters. The van der Waals surface area contributed by atoms with Crippen molar-refractivity contribution in [2.45, 2.75) is 26.2 Å². The fourth-order valence-electron chi connectivity index (χ4n) is 1.26. The molecule has 0 aliphatic heterocycles. The Labute approximate surface area is 94.5 Å². The Bertz CT molecular complexity index is 366. The van der Waals surface area contributed by atoms with Crippen molar-refractivity contribution in [1.29, 1.82) is 0 Å². The minimum Gasteiger partial charge on any atom is -0.384 e. The zero-order chi connectivity index (χ0) is 12.0. The zero-order valence-corrected chi connectivity index (χ0v) is 9.36. The number of anilines is 2. The molecule has 0 saturated carbocycles. The number of amides is 1. The van der Waals surface area contributed by atoms with Crippen molar-refractivity contribution in [2.75, 3.05) is 17.6 Å². The van der Waals surface area contributed by atoms with Crippen LogP contribution in [0.1, 0.15) is 25.6 Å². The summed E-state index contributed by atoms with van der Waals surface area (Å²) < 4.78 is 0. The molecule has 1 rings (SSSR count). The molecule has 0 saturated heterocycles. The van der Waals surface area contributed by atoms with Crippen LogP contribution >= 0.6 is 0 Å². The van der Waals surface area contributed by atoms with E-state index in [4.69, 9.17) is 11.5 Å². The molecular weight excluding hydrogens is 206 g/mol. The number of carbonyl (C=O) groups excluding carboxylic acids is 1. The van der Waals surface area contributed by atoms with Gasteiger partial charge in [0, 0.05) is 25.5 Å². The average Bonchev–Trinajstić information content (AvgIpc) is 2.16. The van der Waals surface area contributed by atoms with E-state index in [0.29, 0.717) is 24.0 Å². The summed E-state index contributed by atoms with van der Waals surface area (Å²) in [6, 6.07) is 1.64. The van der Waals surface area contributed by atoms with Gasteiger partial charge in [0.05, 0.1) is 0 Å². The maximum absolute atomic E-state index is 10.6. The second kappa shape index (κ2) is 5.89. The smallest absolute Gasteiger partial charge is 0.219 e. The monoisotopic (exact) mass is 223 g/mol. The van der Waals surface area contributed by atoms with Gasteiger partial charge in [0.2, 0.25) is 5.91 Å². The maximum Gasteiger partial charge on any atom is 0.219 e. The topological polar surface area (TPSA) is 107 Å². The summed E-state index contributed by atoms with van der Waals surface area (Å²) in [4.78, 5) is 18.9. The number of nitrogen functional groups attached to an aromatic ring is 1. The van der Waals surface area contributed by atoms with Crippen molar-refractivity contribution in [1.82, 2.24) is 9.97 Å². The van der Waals surface area contributed by atoms with Gasteiger partial charge >= 0.3 is 0 Å². The van der Waals surface area contributed by atoms with Gasteiger partial charge in [-0.25, -0.2) is 9.97 Å². The predicted molar refractivity (Wildman–Crippen MR) is 62.7 cm³/mol. The normalized spacial score (nSPS) is 10.1. The van der Waals surface area contributed by atoms with Crippen LogP contribution in [0.2, 0.25) is 0 Å². The second-order valence-corrected chi connectivity index (χ2v) is 3.49. The highest BCUT2D eigenvalue weighted by atomic mass is 16.1. The Morgan fingerprint density at radius 1 is 1.50 bits per heavy atom. The third-order valence-electron chi connectivity index (χ3n) is 1.94. The summed E-state index contributed by atoms with van der Waals surface area (Å²) in [6.07, 6.45) is 2.02. The zero-order valence-electron chi connectivity index (χ0n) is 9.36. The van der Waals surface area contributed by atoms with Crippen molar-refractivity contribution in [3.05, 3.63) is 11.9 Å². The van der Waals surface area contributed by atoms with E-state index < -0.39 is 0 Å². The largest absolute Gasteiger partial charge is 0.384 e. The van der Waals surface area contributed by atoms with Crippen LogP contribution in [0.25, 0.3) is 0 Å². The van der Waals surface area contributed by atoms with Gasteiger partial charge in [0.25, 0.3) is 0 Å². The van der Waals surface area contributed by atoms with Crippen LogP contribution in [-0.4, -0.2) is 22.4 Å². The van der Waals surface area contributed by atoms with E-state index in [9.17, 15) is 4.79 Å². The molecule has 0 radical (unpaired) electrons. The van der Waals surface area contributed by atoms with Crippen LogP contribution in [0.5, 0.6) is 0 Å². The number of hydrogen-bond donors (Lipinski definition) is 3. The number of nitrogens with two attached hydrogens (primary N) is 2. The molecule has 0 atom stereocenters. The maximum atomic E-state index is 10.6. The molecule has 1 aromatic rings. The Morgan fingerprint density at radius 3 is 2.88 bits per heavy atom. The Kier molecular flexibility index (Phi) is 4.50. The summed E-state index contributed by atoms with van der Waals surface area (Å²) in [7, 11) is 0. The van der Waals surface area contributed by atoms with Crippen LogP contribution in [0.15, 0.2) is 6.07 Å². The van der Waals surface area contributed by atoms with Crippen LogP contribution in [0.4, 0.5) is 11.6 Å². The molecule has 1 aromatic heterocycles. The first-order chi connectivity index (χ1) is 7.61.